The highest BCUT2D eigenvalue weighted by Gasteiger charge is 2.04. The minimum atomic E-state index is 0.497. The van der Waals surface area contributed by atoms with E-state index in [4.69, 9.17) is 10.5 Å². The van der Waals surface area contributed by atoms with Gasteiger partial charge in [0.25, 0.3) is 0 Å². The first-order valence-corrected chi connectivity index (χ1v) is 6.50. The number of benzene rings is 1. The van der Waals surface area contributed by atoms with Gasteiger partial charge in [-0.25, -0.2) is 4.98 Å². The first-order chi connectivity index (χ1) is 8.60. The Hall–Kier alpha value is -1.39. The lowest BCUT2D eigenvalue weighted by Crippen LogP contribution is -2.01. The van der Waals surface area contributed by atoms with Gasteiger partial charge in [-0.2, -0.15) is 0 Å². The monoisotopic (exact) mass is 306 g/mol. The molecule has 0 saturated heterocycles. The van der Waals surface area contributed by atoms with E-state index in [1.54, 1.807) is 0 Å². The van der Waals surface area contributed by atoms with Crippen LogP contribution in [-0.4, -0.2) is 4.98 Å². The number of ether oxygens (including phenoxy) is 1. The van der Waals surface area contributed by atoms with Crippen molar-refractivity contribution >= 4 is 15.9 Å². The van der Waals surface area contributed by atoms with Crippen molar-refractivity contribution in [3.8, 4) is 11.6 Å². The Morgan fingerprint density at radius 3 is 2.61 bits per heavy atom. The molecular formula is C14H15BrN2O. The van der Waals surface area contributed by atoms with Gasteiger partial charge < -0.3 is 10.5 Å². The quantitative estimate of drug-likeness (QED) is 0.940. The van der Waals surface area contributed by atoms with Crippen LogP contribution in [0.2, 0.25) is 0 Å². The van der Waals surface area contributed by atoms with Crippen LogP contribution in [0.3, 0.4) is 0 Å². The Kier molecular flexibility index (Phi) is 3.99. The van der Waals surface area contributed by atoms with Crippen molar-refractivity contribution in [1.29, 1.82) is 0 Å². The number of aryl methyl sites for hydroxylation is 2. The molecular weight excluding hydrogens is 292 g/mol. The first kappa shape index (κ1) is 13.1. The van der Waals surface area contributed by atoms with Crippen molar-refractivity contribution in [2.24, 2.45) is 5.73 Å². The maximum Gasteiger partial charge on any atom is 0.219 e. The fourth-order valence-electron chi connectivity index (χ4n) is 1.64. The van der Waals surface area contributed by atoms with Gasteiger partial charge in [0.15, 0.2) is 0 Å². The average molecular weight is 307 g/mol. The molecule has 0 saturated carbocycles. The summed E-state index contributed by atoms with van der Waals surface area (Å²) in [4.78, 5) is 4.38. The van der Waals surface area contributed by atoms with Gasteiger partial charge >= 0.3 is 0 Å². The lowest BCUT2D eigenvalue weighted by Gasteiger charge is -2.08. The third-order valence-corrected chi connectivity index (χ3v) is 3.63. The summed E-state index contributed by atoms with van der Waals surface area (Å²) in [5, 5.41) is 0. The van der Waals surface area contributed by atoms with Crippen molar-refractivity contribution in [1.82, 2.24) is 4.98 Å². The molecule has 1 aromatic heterocycles. The summed E-state index contributed by atoms with van der Waals surface area (Å²) in [6.07, 6.45) is 0. The number of hydrogen-bond acceptors (Lipinski definition) is 3. The predicted octanol–water partition coefficient (Wildman–Crippen LogP) is 3.71. The van der Waals surface area contributed by atoms with E-state index in [0.29, 0.717) is 12.4 Å². The molecule has 3 nitrogen and oxygen atoms in total. The van der Waals surface area contributed by atoms with E-state index in [9.17, 15) is 0 Å². The van der Waals surface area contributed by atoms with Crippen molar-refractivity contribution in [2.75, 3.05) is 0 Å². The Morgan fingerprint density at radius 1 is 1.22 bits per heavy atom. The van der Waals surface area contributed by atoms with Crippen LogP contribution in [0, 0.1) is 13.8 Å². The number of pyridine rings is 1. The fourth-order valence-corrected chi connectivity index (χ4v) is 1.89. The van der Waals surface area contributed by atoms with Crippen molar-refractivity contribution in [3.05, 3.63) is 51.6 Å². The third kappa shape index (κ3) is 2.89. The maximum atomic E-state index is 5.72. The maximum absolute atomic E-state index is 5.72. The Balaban J connectivity index is 2.23. The molecule has 2 rings (SSSR count). The van der Waals surface area contributed by atoms with Gasteiger partial charge in [0, 0.05) is 22.8 Å². The number of hydrogen-bond donors (Lipinski definition) is 1. The highest BCUT2D eigenvalue weighted by molar-refractivity contribution is 9.10. The molecule has 1 aromatic carbocycles. The second kappa shape index (κ2) is 5.50. The lowest BCUT2D eigenvalue weighted by atomic mass is 10.2. The van der Waals surface area contributed by atoms with Crippen LogP contribution < -0.4 is 10.5 Å². The summed E-state index contributed by atoms with van der Waals surface area (Å²) in [6, 6.07) is 9.63. The summed E-state index contributed by atoms with van der Waals surface area (Å²) in [5.74, 6) is 1.37. The molecule has 0 aliphatic heterocycles. The van der Waals surface area contributed by atoms with Gasteiger partial charge in [0.2, 0.25) is 5.88 Å². The zero-order valence-electron chi connectivity index (χ0n) is 10.4. The normalized spacial score (nSPS) is 10.4. The van der Waals surface area contributed by atoms with E-state index >= 15 is 0 Å². The predicted molar refractivity (Wildman–Crippen MR) is 75.8 cm³/mol. The smallest absolute Gasteiger partial charge is 0.219 e. The van der Waals surface area contributed by atoms with Crippen molar-refractivity contribution in [3.63, 3.8) is 0 Å². The van der Waals surface area contributed by atoms with Crippen LogP contribution >= 0.6 is 15.9 Å². The number of nitrogens with two attached hydrogens (primary N) is 1. The van der Waals surface area contributed by atoms with Crippen LogP contribution in [0.1, 0.15) is 16.8 Å². The van der Waals surface area contributed by atoms with Crippen molar-refractivity contribution < 1.29 is 4.74 Å². The van der Waals surface area contributed by atoms with Gasteiger partial charge in [-0.15, -0.1) is 0 Å². The van der Waals surface area contributed by atoms with E-state index in [1.165, 1.54) is 0 Å². The standard InChI is InChI=1S/C14H15BrN2O/c1-9-7-12(4-5-13(9)15)18-14-6-3-11(8-16)10(2)17-14/h3-7H,8,16H2,1-2H3. The largest absolute Gasteiger partial charge is 0.439 e. The van der Waals surface area contributed by atoms with E-state index in [0.717, 1.165) is 27.0 Å². The van der Waals surface area contributed by atoms with Gasteiger partial charge in [0.1, 0.15) is 5.75 Å². The molecule has 1 heterocycles. The molecule has 4 heteroatoms. The second-order valence-electron chi connectivity index (χ2n) is 4.11. The SMILES string of the molecule is Cc1cc(Oc2ccc(CN)c(C)n2)ccc1Br. The first-order valence-electron chi connectivity index (χ1n) is 5.70. The van der Waals surface area contributed by atoms with Crippen LogP contribution in [0.25, 0.3) is 0 Å². The van der Waals surface area contributed by atoms with Gasteiger partial charge in [-0.1, -0.05) is 22.0 Å². The molecule has 0 unspecified atom stereocenters. The molecule has 2 N–H and O–H groups in total. The van der Waals surface area contributed by atoms with Gasteiger partial charge in [0.05, 0.1) is 0 Å². The number of halogens is 1. The highest BCUT2D eigenvalue weighted by Crippen LogP contribution is 2.25. The van der Waals surface area contributed by atoms with E-state index < -0.39 is 0 Å². The molecule has 0 atom stereocenters. The van der Waals surface area contributed by atoms with Crippen LogP contribution in [-0.2, 0) is 6.54 Å². The second-order valence-corrected chi connectivity index (χ2v) is 4.97. The van der Waals surface area contributed by atoms with Crippen molar-refractivity contribution in [2.45, 2.75) is 20.4 Å². The summed E-state index contributed by atoms with van der Waals surface area (Å²) >= 11 is 3.46. The van der Waals surface area contributed by atoms with Crippen LogP contribution in [0.5, 0.6) is 11.6 Å². The molecule has 94 valence electrons. The molecule has 0 bridgehead atoms. The van der Waals surface area contributed by atoms with Crippen LogP contribution in [0.4, 0.5) is 0 Å². The minimum absolute atomic E-state index is 0.497. The Labute approximate surface area is 115 Å². The number of aromatic nitrogens is 1. The summed E-state index contributed by atoms with van der Waals surface area (Å²) < 4.78 is 6.79. The Morgan fingerprint density at radius 2 is 2.00 bits per heavy atom. The summed E-state index contributed by atoms with van der Waals surface area (Å²) in [5.41, 5.74) is 8.67. The Bertz CT molecular complexity index is 570. The average Bonchev–Trinajstić information content (AvgIpc) is 2.34. The molecule has 2 aromatic rings. The summed E-state index contributed by atoms with van der Waals surface area (Å²) in [7, 11) is 0. The van der Waals surface area contributed by atoms with Crippen LogP contribution in [0.15, 0.2) is 34.8 Å². The number of rotatable bonds is 3. The minimum Gasteiger partial charge on any atom is -0.439 e. The third-order valence-electron chi connectivity index (χ3n) is 2.74. The summed E-state index contributed by atoms with van der Waals surface area (Å²) in [6.45, 7) is 4.45. The zero-order chi connectivity index (χ0) is 13.1. The number of nitrogens with zero attached hydrogens (tertiary/aromatic N) is 1. The molecule has 0 amide bonds. The molecule has 0 fully saturated rings. The lowest BCUT2D eigenvalue weighted by molar-refractivity contribution is 0.460. The molecule has 0 spiro atoms. The van der Waals surface area contributed by atoms with E-state index in [-0.39, 0.29) is 0 Å². The molecule has 18 heavy (non-hydrogen) atoms. The van der Waals surface area contributed by atoms with Gasteiger partial charge in [-0.05, 0) is 43.2 Å². The highest BCUT2D eigenvalue weighted by atomic mass is 79.9. The molecule has 0 radical (unpaired) electrons. The van der Waals surface area contributed by atoms with Gasteiger partial charge in [-0.3, -0.25) is 0 Å². The zero-order valence-corrected chi connectivity index (χ0v) is 12.0. The molecule has 0 aliphatic rings. The van der Waals surface area contributed by atoms with E-state index in [1.807, 2.05) is 44.2 Å². The van der Waals surface area contributed by atoms with E-state index in [2.05, 4.69) is 20.9 Å². The fraction of sp³-hybridized carbons (Fsp3) is 0.214. The molecule has 0 aliphatic carbocycles. The topological polar surface area (TPSA) is 48.1 Å².